The molecule has 0 aromatic heterocycles. The molecule has 0 saturated heterocycles. The first kappa shape index (κ1) is 20.2. The molecule has 0 radical (unpaired) electrons. The van der Waals surface area contributed by atoms with Crippen molar-refractivity contribution < 1.29 is 9.47 Å². The first-order valence-corrected chi connectivity index (χ1v) is 10.5. The number of nitrogens with zero attached hydrogens (tertiary/aromatic N) is 1. The summed E-state index contributed by atoms with van der Waals surface area (Å²) in [6.45, 7) is 5.60. The van der Waals surface area contributed by atoms with Crippen molar-refractivity contribution in [3.8, 4) is 11.5 Å². The van der Waals surface area contributed by atoms with Crippen LogP contribution in [0.2, 0.25) is 0 Å². The third kappa shape index (κ3) is 4.12. The number of hydrogen-bond donors (Lipinski definition) is 0. The summed E-state index contributed by atoms with van der Waals surface area (Å²) in [5.74, 6) is 2.90. The SMILES string of the molecule is CCOc1ccc(C2=C(CN(C)C)[C@H](c3ccc(C)cc3)c3ccccc3O2)cc1. The van der Waals surface area contributed by atoms with E-state index >= 15 is 0 Å². The van der Waals surface area contributed by atoms with E-state index in [1.54, 1.807) is 0 Å². The van der Waals surface area contributed by atoms with E-state index in [0.29, 0.717) is 6.61 Å². The molecular formula is C27H29NO2. The lowest BCUT2D eigenvalue weighted by atomic mass is 9.81. The highest BCUT2D eigenvalue weighted by Crippen LogP contribution is 2.45. The summed E-state index contributed by atoms with van der Waals surface area (Å²) >= 11 is 0. The summed E-state index contributed by atoms with van der Waals surface area (Å²) in [7, 11) is 4.21. The molecule has 1 heterocycles. The van der Waals surface area contributed by atoms with Gasteiger partial charge in [-0.15, -0.1) is 0 Å². The van der Waals surface area contributed by atoms with Crippen molar-refractivity contribution in [1.82, 2.24) is 4.90 Å². The van der Waals surface area contributed by atoms with Crippen LogP contribution in [0.3, 0.4) is 0 Å². The Morgan fingerprint density at radius 3 is 2.27 bits per heavy atom. The standard InChI is InChI=1S/C27H29NO2/c1-5-29-22-16-14-21(15-17-22)27-24(18-28(3)4)26(20-12-10-19(2)11-13-20)23-8-6-7-9-25(23)30-27/h6-17,26H,5,18H2,1-4H3/t26-/m1/s1. The molecule has 0 saturated carbocycles. The van der Waals surface area contributed by atoms with E-state index in [-0.39, 0.29) is 5.92 Å². The molecule has 0 amide bonds. The van der Waals surface area contributed by atoms with Gasteiger partial charge in [-0.3, -0.25) is 0 Å². The van der Waals surface area contributed by atoms with E-state index in [1.807, 2.05) is 25.1 Å². The van der Waals surface area contributed by atoms with Crippen molar-refractivity contribution in [3.05, 3.63) is 101 Å². The minimum atomic E-state index is 0.152. The van der Waals surface area contributed by atoms with Gasteiger partial charge in [-0.25, -0.2) is 0 Å². The minimum absolute atomic E-state index is 0.152. The van der Waals surface area contributed by atoms with Gasteiger partial charge in [0.2, 0.25) is 0 Å². The van der Waals surface area contributed by atoms with Crippen LogP contribution < -0.4 is 9.47 Å². The second kappa shape index (κ2) is 8.76. The zero-order chi connectivity index (χ0) is 21.1. The maximum absolute atomic E-state index is 6.52. The molecule has 3 heteroatoms. The van der Waals surface area contributed by atoms with Gasteiger partial charge in [0.15, 0.2) is 0 Å². The van der Waals surface area contributed by atoms with Gasteiger partial charge in [-0.1, -0.05) is 48.0 Å². The summed E-state index contributed by atoms with van der Waals surface area (Å²) in [4.78, 5) is 2.21. The first-order chi connectivity index (χ1) is 14.6. The predicted molar refractivity (Wildman–Crippen MR) is 123 cm³/mol. The Bertz CT molecular complexity index is 1030. The van der Waals surface area contributed by atoms with Crippen molar-refractivity contribution in [2.75, 3.05) is 27.2 Å². The smallest absolute Gasteiger partial charge is 0.136 e. The molecule has 1 aliphatic rings. The average molecular weight is 400 g/mol. The van der Waals surface area contributed by atoms with Gasteiger partial charge in [0.05, 0.1) is 6.61 Å². The number of likely N-dealkylation sites (N-methyl/N-ethyl adjacent to an activating group) is 1. The van der Waals surface area contributed by atoms with E-state index in [2.05, 4.69) is 80.5 Å². The summed E-state index contributed by atoms with van der Waals surface area (Å²) in [5, 5.41) is 0. The van der Waals surface area contributed by atoms with Crippen LogP contribution in [0.25, 0.3) is 5.76 Å². The molecule has 0 unspecified atom stereocenters. The second-order valence-corrected chi connectivity index (χ2v) is 8.03. The van der Waals surface area contributed by atoms with Crippen molar-refractivity contribution in [2.45, 2.75) is 19.8 Å². The average Bonchev–Trinajstić information content (AvgIpc) is 2.75. The fourth-order valence-electron chi connectivity index (χ4n) is 4.06. The normalized spacial score (nSPS) is 15.7. The van der Waals surface area contributed by atoms with Crippen LogP contribution in [0.1, 0.15) is 35.1 Å². The predicted octanol–water partition coefficient (Wildman–Crippen LogP) is 5.89. The molecule has 3 aromatic carbocycles. The second-order valence-electron chi connectivity index (χ2n) is 8.03. The summed E-state index contributed by atoms with van der Waals surface area (Å²) in [6, 6.07) is 25.5. The molecule has 154 valence electrons. The fraction of sp³-hybridized carbons (Fsp3) is 0.259. The van der Waals surface area contributed by atoms with Crippen LogP contribution in [0, 0.1) is 6.92 Å². The summed E-state index contributed by atoms with van der Waals surface area (Å²) in [6.07, 6.45) is 0. The Labute approximate surface area is 179 Å². The molecule has 4 rings (SSSR count). The molecule has 0 fully saturated rings. The van der Waals surface area contributed by atoms with Crippen molar-refractivity contribution in [1.29, 1.82) is 0 Å². The van der Waals surface area contributed by atoms with Gasteiger partial charge in [-0.2, -0.15) is 0 Å². The maximum atomic E-state index is 6.52. The molecular weight excluding hydrogens is 370 g/mol. The van der Waals surface area contributed by atoms with Crippen molar-refractivity contribution >= 4 is 5.76 Å². The Morgan fingerprint density at radius 2 is 1.60 bits per heavy atom. The monoisotopic (exact) mass is 399 g/mol. The number of benzene rings is 3. The molecule has 3 aromatic rings. The molecule has 3 nitrogen and oxygen atoms in total. The topological polar surface area (TPSA) is 21.7 Å². The quantitative estimate of drug-likeness (QED) is 0.516. The van der Waals surface area contributed by atoms with Crippen molar-refractivity contribution in [2.24, 2.45) is 0 Å². The number of ether oxygens (including phenoxy) is 2. The number of aryl methyl sites for hydroxylation is 1. The van der Waals surface area contributed by atoms with E-state index in [1.165, 1.54) is 22.3 Å². The Balaban J connectivity index is 1.88. The third-order valence-electron chi connectivity index (χ3n) is 5.41. The highest BCUT2D eigenvalue weighted by atomic mass is 16.5. The lowest BCUT2D eigenvalue weighted by Crippen LogP contribution is -2.25. The van der Waals surface area contributed by atoms with Gasteiger partial charge < -0.3 is 14.4 Å². The molecule has 1 atom stereocenters. The number of rotatable bonds is 6. The van der Waals surface area contributed by atoms with Crippen molar-refractivity contribution in [3.63, 3.8) is 0 Å². The molecule has 0 spiro atoms. The lowest BCUT2D eigenvalue weighted by molar-refractivity contribution is 0.340. The first-order valence-electron chi connectivity index (χ1n) is 10.5. The van der Waals surface area contributed by atoms with E-state index in [0.717, 1.165) is 29.4 Å². The van der Waals surface area contributed by atoms with Crippen LogP contribution in [0.5, 0.6) is 11.5 Å². The van der Waals surface area contributed by atoms with E-state index < -0.39 is 0 Å². The molecule has 0 N–H and O–H groups in total. The van der Waals surface area contributed by atoms with Gasteiger partial charge >= 0.3 is 0 Å². The highest BCUT2D eigenvalue weighted by Gasteiger charge is 2.31. The van der Waals surface area contributed by atoms with Crippen LogP contribution in [0.4, 0.5) is 0 Å². The van der Waals surface area contributed by atoms with E-state index in [9.17, 15) is 0 Å². The van der Waals surface area contributed by atoms with Crippen LogP contribution in [-0.2, 0) is 0 Å². The number of para-hydroxylation sites is 1. The third-order valence-corrected chi connectivity index (χ3v) is 5.41. The zero-order valence-corrected chi connectivity index (χ0v) is 18.2. The number of hydrogen-bond acceptors (Lipinski definition) is 3. The molecule has 30 heavy (non-hydrogen) atoms. The van der Waals surface area contributed by atoms with Gasteiger partial charge in [0.1, 0.15) is 17.3 Å². The largest absolute Gasteiger partial charge is 0.494 e. The minimum Gasteiger partial charge on any atom is -0.494 e. The van der Waals surface area contributed by atoms with Crippen LogP contribution in [0.15, 0.2) is 78.4 Å². The van der Waals surface area contributed by atoms with Crippen LogP contribution >= 0.6 is 0 Å². The molecule has 0 bridgehead atoms. The van der Waals surface area contributed by atoms with Gasteiger partial charge in [-0.05, 0) is 69.4 Å². The summed E-state index contributed by atoms with van der Waals surface area (Å²) in [5.41, 5.74) is 6.11. The highest BCUT2D eigenvalue weighted by molar-refractivity contribution is 5.73. The summed E-state index contributed by atoms with van der Waals surface area (Å²) < 4.78 is 12.2. The molecule has 0 aliphatic carbocycles. The van der Waals surface area contributed by atoms with Gasteiger partial charge in [0.25, 0.3) is 0 Å². The number of fused-ring (bicyclic) bond motifs is 1. The Kier molecular flexibility index (Phi) is 5.91. The van der Waals surface area contributed by atoms with Gasteiger partial charge in [0, 0.05) is 23.6 Å². The maximum Gasteiger partial charge on any atom is 0.136 e. The fourth-order valence-corrected chi connectivity index (χ4v) is 4.06. The Morgan fingerprint density at radius 1 is 0.900 bits per heavy atom. The zero-order valence-electron chi connectivity index (χ0n) is 18.2. The lowest BCUT2D eigenvalue weighted by Gasteiger charge is -2.33. The van der Waals surface area contributed by atoms with E-state index in [4.69, 9.17) is 9.47 Å². The molecule has 1 aliphatic heterocycles. The Hall–Kier alpha value is -3.04. The van der Waals surface area contributed by atoms with Crippen LogP contribution in [-0.4, -0.2) is 32.1 Å².